The van der Waals surface area contributed by atoms with Gasteiger partial charge in [-0.15, -0.1) is 8.78 Å². The molecule has 1 amide bonds. The van der Waals surface area contributed by atoms with Gasteiger partial charge in [-0.25, -0.2) is 4.39 Å². The number of rotatable bonds is 3. The number of halogens is 3. The highest BCUT2D eigenvalue weighted by molar-refractivity contribution is 5.92. The fourth-order valence-electron chi connectivity index (χ4n) is 2.05. The molecule has 2 aromatic carbocycles. The van der Waals surface area contributed by atoms with Gasteiger partial charge in [-0.3, -0.25) is 4.79 Å². The number of benzene rings is 2. The standard InChI is InChI=1S/C15H10F3NO3/c16-11-4-2-1-3-9(11)7-14(20)19-10-5-6-12-13(8-10)22-15(17,18)21-12/h1-6,8H,7H2,(H,19,20). The van der Waals surface area contributed by atoms with Gasteiger partial charge >= 0.3 is 6.29 Å². The largest absolute Gasteiger partial charge is 0.586 e. The van der Waals surface area contributed by atoms with Crippen LogP contribution < -0.4 is 14.8 Å². The van der Waals surface area contributed by atoms with Crippen LogP contribution in [0.3, 0.4) is 0 Å². The number of carbonyl (C=O) groups excluding carboxylic acids is 1. The van der Waals surface area contributed by atoms with Crippen LogP contribution in [0.5, 0.6) is 11.5 Å². The van der Waals surface area contributed by atoms with Gasteiger partial charge in [-0.1, -0.05) is 18.2 Å². The molecule has 4 nitrogen and oxygen atoms in total. The summed E-state index contributed by atoms with van der Waals surface area (Å²) in [6.07, 6.45) is -3.88. The Morgan fingerprint density at radius 1 is 1.09 bits per heavy atom. The van der Waals surface area contributed by atoms with Crippen molar-refractivity contribution in [2.24, 2.45) is 0 Å². The molecule has 0 saturated heterocycles. The molecule has 0 radical (unpaired) electrons. The van der Waals surface area contributed by atoms with Gasteiger partial charge in [0, 0.05) is 11.8 Å². The lowest BCUT2D eigenvalue weighted by Crippen LogP contribution is -2.25. The molecule has 0 bridgehead atoms. The number of fused-ring (bicyclic) bond motifs is 1. The summed E-state index contributed by atoms with van der Waals surface area (Å²) < 4.78 is 47.8. The lowest BCUT2D eigenvalue weighted by molar-refractivity contribution is -0.286. The first kappa shape index (κ1) is 14.2. The number of ether oxygens (including phenoxy) is 2. The minimum Gasteiger partial charge on any atom is -0.395 e. The predicted molar refractivity (Wildman–Crippen MR) is 71.4 cm³/mol. The molecule has 22 heavy (non-hydrogen) atoms. The molecule has 1 aliphatic heterocycles. The molecule has 0 atom stereocenters. The van der Waals surface area contributed by atoms with Crippen LogP contribution in [0.4, 0.5) is 18.9 Å². The average Bonchev–Trinajstić information content (AvgIpc) is 2.74. The van der Waals surface area contributed by atoms with Gasteiger partial charge in [0.1, 0.15) is 5.82 Å². The number of anilines is 1. The van der Waals surface area contributed by atoms with Crippen molar-refractivity contribution in [3.8, 4) is 11.5 Å². The van der Waals surface area contributed by atoms with Gasteiger partial charge in [0.25, 0.3) is 0 Å². The summed E-state index contributed by atoms with van der Waals surface area (Å²) in [5.74, 6) is -1.25. The SMILES string of the molecule is O=C(Cc1ccccc1F)Nc1ccc2c(c1)OC(F)(F)O2. The van der Waals surface area contributed by atoms with E-state index in [4.69, 9.17) is 0 Å². The van der Waals surface area contributed by atoms with E-state index in [1.54, 1.807) is 6.07 Å². The second kappa shape index (κ2) is 5.25. The fourth-order valence-corrected chi connectivity index (χ4v) is 2.05. The summed E-state index contributed by atoms with van der Waals surface area (Å²) in [5.41, 5.74) is 0.494. The Morgan fingerprint density at radius 2 is 1.82 bits per heavy atom. The summed E-state index contributed by atoms with van der Waals surface area (Å²) in [6.45, 7) is 0. The molecule has 1 aliphatic rings. The van der Waals surface area contributed by atoms with E-state index in [0.717, 1.165) is 0 Å². The smallest absolute Gasteiger partial charge is 0.395 e. The van der Waals surface area contributed by atoms with E-state index in [2.05, 4.69) is 14.8 Å². The summed E-state index contributed by atoms with van der Waals surface area (Å²) in [5, 5.41) is 2.49. The van der Waals surface area contributed by atoms with Crippen LogP contribution in [0.15, 0.2) is 42.5 Å². The summed E-state index contributed by atoms with van der Waals surface area (Å²) in [6, 6.07) is 9.76. The number of amides is 1. The van der Waals surface area contributed by atoms with Crippen molar-refractivity contribution >= 4 is 11.6 Å². The average molecular weight is 309 g/mol. The normalized spacial score (nSPS) is 14.7. The van der Waals surface area contributed by atoms with E-state index in [0.29, 0.717) is 0 Å². The topological polar surface area (TPSA) is 47.6 Å². The quantitative estimate of drug-likeness (QED) is 0.946. The maximum absolute atomic E-state index is 13.5. The Hall–Kier alpha value is -2.70. The van der Waals surface area contributed by atoms with E-state index in [1.807, 2.05) is 0 Å². The highest BCUT2D eigenvalue weighted by Gasteiger charge is 2.43. The Labute approximate surface area is 123 Å². The minimum absolute atomic E-state index is 0.114. The maximum Gasteiger partial charge on any atom is 0.586 e. The molecule has 7 heteroatoms. The van der Waals surface area contributed by atoms with E-state index < -0.39 is 18.0 Å². The Balaban J connectivity index is 1.70. The van der Waals surface area contributed by atoms with E-state index in [-0.39, 0.29) is 29.2 Å². The predicted octanol–water partition coefficient (Wildman–Crippen LogP) is 3.33. The monoisotopic (exact) mass is 309 g/mol. The van der Waals surface area contributed by atoms with Crippen molar-refractivity contribution in [2.45, 2.75) is 12.7 Å². The van der Waals surface area contributed by atoms with Gasteiger partial charge in [-0.2, -0.15) is 0 Å². The molecule has 0 aromatic heterocycles. The maximum atomic E-state index is 13.5. The van der Waals surface area contributed by atoms with Crippen molar-refractivity contribution in [1.82, 2.24) is 0 Å². The van der Waals surface area contributed by atoms with Gasteiger partial charge in [-0.05, 0) is 23.8 Å². The Morgan fingerprint density at radius 3 is 2.59 bits per heavy atom. The fraction of sp³-hybridized carbons (Fsp3) is 0.133. The highest BCUT2D eigenvalue weighted by Crippen LogP contribution is 2.42. The van der Waals surface area contributed by atoms with E-state index in [9.17, 15) is 18.0 Å². The van der Waals surface area contributed by atoms with Crippen molar-refractivity contribution < 1.29 is 27.4 Å². The van der Waals surface area contributed by atoms with Crippen LogP contribution in [0.25, 0.3) is 0 Å². The van der Waals surface area contributed by atoms with Crippen LogP contribution in [-0.4, -0.2) is 12.2 Å². The zero-order valence-corrected chi connectivity index (χ0v) is 11.1. The van der Waals surface area contributed by atoms with Crippen LogP contribution in [0.2, 0.25) is 0 Å². The van der Waals surface area contributed by atoms with Gasteiger partial charge in [0.2, 0.25) is 5.91 Å². The van der Waals surface area contributed by atoms with Crippen molar-refractivity contribution in [2.75, 3.05) is 5.32 Å². The van der Waals surface area contributed by atoms with E-state index >= 15 is 0 Å². The second-order valence-electron chi connectivity index (χ2n) is 4.65. The zero-order valence-electron chi connectivity index (χ0n) is 11.1. The third kappa shape index (κ3) is 2.98. The number of hydrogen-bond donors (Lipinski definition) is 1. The summed E-state index contributed by atoms with van der Waals surface area (Å²) in [4.78, 5) is 11.9. The molecular formula is C15H10F3NO3. The second-order valence-corrected chi connectivity index (χ2v) is 4.65. The van der Waals surface area contributed by atoms with Crippen molar-refractivity contribution in [1.29, 1.82) is 0 Å². The van der Waals surface area contributed by atoms with Crippen molar-refractivity contribution in [3.05, 3.63) is 53.8 Å². The molecule has 0 saturated carbocycles. The highest BCUT2D eigenvalue weighted by atomic mass is 19.3. The van der Waals surface area contributed by atoms with Gasteiger partial charge < -0.3 is 14.8 Å². The lowest BCUT2D eigenvalue weighted by Gasteiger charge is -2.06. The minimum atomic E-state index is -3.71. The molecular weight excluding hydrogens is 299 g/mol. The number of nitrogens with one attached hydrogen (secondary N) is 1. The van der Waals surface area contributed by atoms with E-state index in [1.165, 1.54) is 36.4 Å². The molecule has 1 heterocycles. The molecule has 0 aliphatic carbocycles. The van der Waals surface area contributed by atoms with Crippen LogP contribution >= 0.6 is 0 Å². The summed E-state index contributed by atoms with van der Waals surface area (Å²) in [7, 11) is 0. The first-order valence-corrected chi connectivity index (χ1v) is 6.36. The van der Waals surface area contributed by atoms with Crippen LogP contribution in [-0.2, 0) is 11.2 Å². The molecule has 1 N–H and O–H groups in total. The third-order valence-electron chi connectivity index (χ3n) is 2.99. The lowest BCUT2D eigenvalue weighted by atomic mass is 10.1. The molecule has 0 unspecified atom stereocenters. The zero-order chi connectivity index (χ0) is 15.7. The molecule has 0 spiro atoms. The Bertz CT molecular complexity index is 734. The Kier molecular flexibility index (Phi) is 3.40. The third-order valence-corrected chi connectivity index (χ3v) is 2.99. The number of hydrogen-bond acceptors (Lipinski definition) is 3. The van der Waals surface area contributed by atoms with Gasteiger partial charge in [0.05, 0.1) is 6.42 Å². The first-order chi connectivity index (χ1) is 10.4. The summed E-state index contributed by atoms with van der Waals surface area (Å²) >= 11 is 0. The molecule has 3 rings (SSSR count). The first-order valence-electron chi connectivity index (χ1n) is 6.36. The number of alkyl halides is 2. The molecule has 2 aromatic rings. The van der Waals surface area contributed by atoms with Gasteiger partial charge in [0.15, 0.2) is 11.5 Å². The molecule has 114 valence electrons. The number of carbonyl (C=O) groups is 1. The van der Waals surface area contributed by atoms with Crippen molar-refractivity contribution in [3.63, 3.8) is 0 Å². The molecule has 0 fully saturated rings. The van der Waals surface area contributed by atoms with Crippen LogP contribution in [0.1, 0.15) is 5.56 Å². The van der Waals surface area contributed by atoms with Crippen LogP contribution in [0, 0.1) is 5.82 Å².